The predicted molar refractivity (Wildman–Crippen MR) is 51.6 cm³/mol. The zero-order valence-electron chi connectivity index (χ0n) is 7.60. The van der Waals surface area contributed by atoms with Crippen LogP contribution in [-0.2, 0) is 17.6 Å². The van der Waals surface area contributed by atoms with Gasteiger partial charge in [-0.25, -0.2) is 9.50 Å². The van der Waals surface area contributed by atoms with Crippen LogP contribution in [0.2, 0.25) is 0 Å². The van der Waals surface area contributed by atoms with Crippen LogP contribution < -0.4 is 0 Å². The lowest BCUT2D eigenvalue weighted by Gasteiger charge is -1.91. The normalized spacial score (nSPS) is 10.9. The first kappa shape index (κ1) is 9.14. The quantitative estimate of drug-likeness (QED) is 0.821. The van der Waals surface area contributed by atoms with Crippen LogP contribution in [-0.4, -0.2) is 25.7 Å². The van der Waals surface area contributed by atoms with Crippen LogP contribution in [0.1, 0.15) is 18.4 Å². The number of carbonyl (C=O) groups is 1. The largest absolute Gasteiger partial charge is 0.481 e. The molecule has 0 aliphatic heterocycles. The van der Waals surface area contributed by atoms with E-state index >= 15 is 0 Å². The molecule has 0 aromatic carbocycles. The Labute approximate surface area is 84.0 Å². The minimum Gasteiger partial charge on any atom is -0.481 e. The Kier molecular flexibility index (Phi) is 2.20. The van der Waals surface area contributed by atoms with Crippen LogP contribution in [0, 0.1) is 0 Å². The van der Waals surface area contributed by atoms with Crippen molar-refractivity contribution in [1.82, 2.24) is 14.6 Å². The lowest BCUT2D eigenvalue weighted by atomic mass is 10.3. The summed E-state index contributed by atoms with van der Waals surface area (Å²) >= 11 is 1.42. The number of carboxylic acids is 1. The number of carboxylic acid groups (broad SMARTS) is 1. The number of hydrogen-bond donors (Lipinski definition) is 1. The van der Waals surface area contributed by atoms with E-state index in [-0.39, 0.29) is 6.42 Å². The zero-order valence-corrected chi connectivity index (χ0v) is 8.41. The Morgan fingerprint density at radius 3 is 3.14 bits per heavy atom. The highest BCUT2D eigenvalue weighted by Gasteiger charge is 2.10. The van der Waals surface area contributed by atoms with Crippen molar-refractivity contribution < 1.29 is 9.90 Å². The monoisotopic (exact) mass is 211 g/mol. The van der Waals surface area contributed by atoms with Gasteiger partial charge in [0, 0.05) is 11.8 Å². The summed E-state index contributed by atoms with van der Waals surface area (Å²) in [5, 5.41) is 14.6. The van der Waals surface area contributed by atoms with Gasteiger partial charge in [0.05, 0.1) is 12.1 Å². The lowest BCUT2D eigenvalue weighted by Crippen LogP contribution is -2.03. The molecule has 0 aliphatic carbocycles. The second kappa shape index (κ2) is 3.38. The minimum atomic E-state index is -0.849. The predicted octanol–water partition coefficient (Wildman–Crippen LogP) is 0.980. The lowest BCUT2D eigenvalue weighted by molar-refractivity contribution is -0.136. The molecule has 2 aromatic rings. The van der Waals surface area contributed by atoms with Gasteiger partial charge in [0.15, 0.2) is 5.82 Å². The highest BCUT2D eigenvalue weighted by molar-refractivity contribution is 7.15. The summed E-state index contributed by atoms with van der Waals surface area (Å²) in [7, 11) is 0. The Morgan fingerprint density at radius 1 is 1.71 bits per heavy atom. The van der Waals surface area contributed by atoms with Gasteiger partial charge in [0.1, 0.15) is 0 Å². The first-order valence-corrected chi connectivity index (χ1v) is 5.12. The smallest absolute Gasteiger partial charge is 0.309 e. The molecule has 0 radical (unpaired) electrons. The van der Waals surface area contributed by atoms with Crippen LogP contribution in [0.25, 0.3) is 4.96 Å². The van der Waals surface area contributed by atoms with Crippen molar-refractivity contribution in [3.05, 3.63) is 16.9 Å². The number of rotatable bonds is 3. The molecule has 1 N–H and O–H groups in total. The van der Waals surface area contributed by atoms with Crippen LogP contribution in [0.5, 0.6) is 0 Å². The van der Waals surface area contributed by atoms with Gasteiger partial charge in [-0.05, 0) is 0 Å². The Morgan fingerprint density at radius 2 is 2.50 bits per heavy atom. The van der Waals surface area contributed by atoms with Gasteiger partial charge in [0.25, 0.3) is 0 Å². The average Bonchev–Trinajstić information content (AvgIpc) is 2.66. The fraction of sp³-hybridized carbons (Fsp3) is 0.375. The van der Waals surface area contributed by atoms with Crippen LogP contribution in [0.15, 0.2) is 5.38 Å². The van der Waals surface area contributed by atoms with Crippen molar-refractivity contribution in [2.24, 2.45) is 0 Å². The first-order valence-electron chi connectivity index (χ1n) is 4.24. The summed E-state index contributed by atoms with van der Waals surface area (Å²) in [6.07, 6.45) is 0.757. The number of hydrogen-bond acceptors (Lipinski definition) is 4. The van der Waals surface area contributed by atoms with Crippen LogP contribution in [0.3, 0.4) is 0 Å². The van der Waals surface area contributed by atoms with Gasteiger partial charge in [-0.1, -0.05) is 6.92 Å². The molecule has 0 spiro atoms. The highest BCUT2D eigenvalue weighted by Crippen LogP contribution is 2.14. The molecule has 2 rings (SSSR count). The maximum Gasteiger partial charge on any atom is 0.309 e. The van der Waals surface area contributed by atoms with Crippen LogP contribution in [0.4, 0.5) is 0 Å². The fourth-order valence-corrected chi connectivity index (χ4v) is 2.03. The second-order valence-corrected chi connectivity index (χ2v) is 3.71. The molecular weight excluding hydrogens is 202 g/mol. The van der Waals surface area contributed by atoms with Gasteiger partial charge in [-0.3, -0.25) is 4.79 Å². The standard InChI is InChI=1S/C8H9N3O2S/c1-2-6-9-8-11(10-6)5(4-14-8)3-7(12)13/h4H,2-3H2,1H3,(H,12,13). The van der Waals surface area contributed by atoms with Crippen molar-refractivity contribution in [3.8, 4) is 0 Å². The van der Waals surface area contributed by atoms with Crippen molar-refractivity contribution in [2.45, 2.75) is 19.8 Å². The molecule has 2 heterocycles. The van der Waals surface area contributed by atoms with E-state index in [9.17, 15) is 4.79 Å². The van der Waals surface area contributed by atoms with Crippen molar-refractivity contribution in [1.29, 1.82) is 0 Å². The SMILES string of the molecule is CCc1nc2scc(CC(=O)O)n2n1. The third-order valence-electron chi connectivity index (χ3n) is 1.84. The number of fused-ring (bicyclic) bond motifs is 1. The summed E-state index contributed by atoms with van der Waals surface area (Å²) in [6, 6.07) is 0. The Bertz CT molecular complexity index is 474. The van der Waals surface area contributed by atoms with Gasteiger partial charge in [0.2, 0.25) is 4.96 Å². The maximum atomic E-state index is 10.5. The van der Waals surface area contributed by atoms with E-state index in [0.29, 0.717) is 5.69 Å². The molecule has 0 saturated heterocycles. The fourth-order valence-electron chi connectivity index (χ4n) is 1.19. The highest BCUT2D eigenvalue weighted by atomic mass is 32.1. The molecule has 0 fully saturated rings. The summed E-state index contributed by atoms with van der Waals surface area (Å²) < 4.78 is 1.61. The number of aromatic nitrogens is 3. The van der Waals surface area contributed by atoms with E-state index in [4.69, 9.17) is 5.11 Å². The zero-order chi connectivity index (χ0) is 10.1. The number of aliphatic carboxylic acids is 1. The van der Waals surface area contributed by atoms with Gasteiger partial charge >= 0.3 is 5.97 Å². The molecule has 0 bridgehead atoms. The average molecular weight is 211 g/mol. The third-order valence-corrected chi connectivity index (χ3v) is 2.71. The van der Waals surface area contributed by atoms with E-state index in [0.717, 1.165) is 17.2 Å². The van der Waals surface area contributed by atoms with Crippen molar-refractivity contribution in [3.63, 3.8) is 0 Å². The minimum absolute atomic E-state index is 0.00743. The number of aryl methyl sites for hydroxylation is 1. The molecule has 2 aromatic heterocycles. The van der Waals surface area contributed by atoms with E-state index in [1.165, 1.54) is 11.3 Å². The summed E-state index contributed by atoms with van der Waals surface area (Å²) in [5.41, 5.74) is 0.685. The molecule has 0 atom stereocenters. The Balaban J connectivity index is 2.44. The van der Waals surface area contributed by atoms with Crippen molar-refractivity contribution >= 4 is 22.3 Å². The Hall–Kier alpha value is -1.43. The molecule has 0 amide bonds. The summed E-state index contributed by atoms with van der Waals surface area (Å²) in [6.45, 7) is 1.97. The number of thiazole rings is 1. The maximum absolute atomic E-state index is 10.5. The first-order chi connectivity index (χ1) is 6.70. The second-order valence-electron chi connectivity index (χ2n) is 2.87. The van der Waals surface area contributed by atoms with Crippen molar-refractivity contribution in [2.75, 3.05) is 0 Å². The molecule has 0 aliphatic rings. The molecule has 6 heteroatoms. The number of nitrogens with zero attached hydrogens (tertiary/aromatic N) is 3. The molecule has 0 unspecified atom stereocenters. The van der Waals surface area contributed by atoms with Gasteiger partial charge < -0.3 is 5.11 Å². The van der Waals surface area contributed by atoms with E-state index in [2.05, 4.69) is 10.1 Å². The molecule has 74 valence electrons. The molecular formula is C8H9N3O2S. The van der Waals surface area contributed by atoms with E-state index in [1.807, 2.05) is 6.92 Å². The summed E-state index contributed by atoms with van der Waals surface area (Å²) in [5.74, 6) is -0.0956. The molecule has 14 heavy (non-hydrogen) atoms. The summed E-state index contributed by atoms with van der Waals surface area (Å²) in [4.78, 5) is 15.5. The van der Waals surface area contributed by atoms with E-state index < -0.39 is 5.97 Å². The van der Waals surface area contributed by atoms with Crippen LogP contribution >= 0.6 is 11.3 Å². The van der Waals surface area contributed by atoms with Gasteiger partial charge in [-0.2, -0.15) is 5.10 Å². The topological polar surface area (TPSA) is 67.5 Å². The third kappa shape index (κ3) is 1.48. The molecule has 5 nitrogen and oxygen atoms in total. The molecule has 0 saturated carbocycles. The van der Waals surface area contributed by atoms with E-state index in [1.54, 1.807) is 9.90 Å². The van der Waals surface area contributed by atoms with Gasteiger partial charge in [-0.15, -0.1) is 11.3 Å².